The van der Waals surface area contributed by atoms with Gasteiger partial charge in [-0.2, -0.15) is 0 Å². The Hall–Kier alpha value is -1.34. The van der Waals surface area contributed by atoms with E-state index in [1.807, 2.05) is 6.92 Å². The molecule has 0 spiro atoms. The Kier molecular flexibility index (Phi) is 7.11. The first kappa shape index (κ1) is 18.0. The van der Waals surface area contributed by atoms with E-state index in [0.29, 0.717) is 18.1 Å². The molecule has 1 fully saturated rings. The molecule has 2 N–H and O–H groups in total. The number of furan rings is 1. The van der Waals surface area contributed by atoms with E-state index in [2.05, 4.69) is 10.6 Å². The minimum atomic E-state index is -0.891. The van der Waals surface area contributed by atoms with Crippen molar-refractivity contribution in [2.24, 2.45) is 0 Å². The number of carbonyl (C=O) groups excluding carboxylic acids is 1. The molecule has 1 aliphatic rings. The van der Waals surface area contributed by atoms with Gasteiger partial charge in [-0.25, -0.2) is 4.79 Å². The molecule has 0 radical (unpaired) electrons. The molecular weight excluding hydrogens is 316 g/mol. The summed E-state index contributed by atoms with van der Waals surface area (Å²) in [5, 5.41) is 5.92. The lowest BCUT2D eigenvalue weighted by Gasteiger charge is -2.31. The van der Waals surface area contributed by atoms with Gasteiger partial charge in [0.25, 0.3) is 0 Å². The zero-order chi connectivity index (χ0) is 16.7. The summed E-state index contributed by atoms with van der Waals surface area (Å²) >= 11 is 0. The van der Waals surface area contributed by atoms with Crippen LogP contribution in [-0.2, 0) is 15.5 Å². The van der Waals surface area contributed by atoms with Crippen LogP contribution in [0.25, 0.3) is 0 Å². The highest BCUT2D eigenvalue weighted by Crippen LogP contribution is 2.23. The van der Waals surface area contributed by atoms with Crippen LogP contribution >= 0.6 is 0 Å². The van der Waals surface area contributed by atoms with Crippen molar-refractivity contribution in [3.05, 3.63) is 24.2 Å². The first-order valence-electron chi connectivity index (χ1n) is 8.12. The third kappa shape index (κ3) is 5.07. The Morgan fingerprint density at radius 1 is 1.48 bits per heavy atom. The van der Waals surface area contributed by atoms with Crippen LogP contribution in [-0.4, -0.2) is 41.0 Å². The average Bonchev–Trinajstić information content (AvgIpc) is 3.08. The van der Waals surface area contributed by atoms with E-state index in [9.17, 15) is 9.00 Å². The van der Waals surface area contributed by atoms with E-state index >= 15 is 0 Å². The number of ether oxygens (including phenoxy) is 1. The predicted molar refractivity (Wildman–Crippen MR) is 89.7 cm³/mol. The zero-order valence-corrected chi connectivity index (χ0v) is 14.6. The van der Waals surface area contributed by atoms with Crippen LogP contribution in [0.5, 0.6) is 0 Å². The van der Waals surface area contributed by atoms with Crippen LogP contribution < -0.4 is 10.6 Å². The average molecular weight is 342 g/mol. The standard InChI is InChI=1S/C16H26N2O4S/c1-3-23(20)15-9-5-4-7-12(15)17-16(19)18-13(11-21-2)14-8-6-10-22-14/h6,8,10,12-13,15H,3-5,7,9,11H2,1-2H3,(H2,17,18,19)/t12-,13-,15+,23+/m0/s1. The fourth-order valence-electron chi connectivity index (χ4n) is 3.01. The molecule has 1 saturated carbocycles. The maximum absolute atomic E-state index is 12.3. The summed E-state index contributed by atoms with van der Waals surface area (Å²) in [7, 11) is 0.689. The molecular formula is C16H26N2O4S. The van der Waals surface area contributed by atoms with Gasteiger partial charge >= 0.3 is 6.03 Å². The number of amides is 2. The Balaban J connectivity index is 1.95. The maximum Gasteiger partial charge on any atom is 0.315 e. The molecule has 0 saturated heterocycles. The van der Waals surface area contributed by atoms with Crippen LogP contribution in [0.15, 0.2) is 22.8 Å². The first-order valence-corrected chi connectivity index (χ1v) is 9.50. The van der Waals surface area contributed by atoms with Crippen molar-refractivity contribution in [2.45, 2.75) is 49.9 Å². The SMILES string of the molecule is CC[S@@](=O)[C@@H]1CCCC[C@@H]1NC(=O)N[C@@H](COC)c1ccco1. The van der Waals surface area contributed by atoms with Crippen LogP contribution in [0, 0.1) is 0 Å². The number of nitrogens with one attached hydrogen (secondary N) is 2. The summed E-state index contributed by atoms with van der Waals surface area (Å²) in [6.45, 7) is 2.25. The van der Waals surface area contributed by atoms with E-state index in [1.54, 1.807) is 25.5 Å². The molecule has 0 aromatic carbocycles. The summed E-state index contributed by atoms with van der Waals surface area (Å²) in [6.07, 6.45) is 5.49. The number of carbonyl (C=O) groups is 1. The highest BCUT2D eigenvalue weighted by atomic mass is 32.2. The van der Waals surface area contributed by atoms with Crippen molar-refractivity contribution in [3.8, 4) is 0 Å². The maximum atomic E-state index is 12.3. The third-order valence-electron chi connectivity index (χ3n) is 4.17. The van der Waals surface area contributed by atoms with E-state index in [4.69, 9.17) is 9.15 Å². The highest BCUT2D eigenvalue weighted by molar-refractivity contribution is 7.85. The van der Waals surface area contributed by atoms with Crippen molar-refractivity contribution < 1.29 is 18.2 Å². The van der Waals surface area contributed by atoms with Gasteiger partial charge in [-0.05, 0) is 25.0 Å². The lowest BCUT2D eigenvalue weighted by Crippen LogP contribution is -2.51. The second-order valence-corrected chi connectivity index (χ2v) is 7.68. The van der Waals surface area contributed by atoms with Gasteiger partial charge in [0.15, 0.2) is 0 Å². The summed E-state index contributed by atoms with van der Waals surface area (Å²) < 4.78 is 22.7. The summed E-state index contributed by atoms with van der Waals surface area (Å²) in [6, 6.07) is 2.94. The van der Waals surface area contributed by atoms with Gasteiger partial charge < -0.3 is 19.8 Å². The number of hydrogen-bond donors (Lipinski definition) is 2. The van der Waals surface area contributed by atoms with Crippen molar-refractivity contribution in [3.63, 3.8) is 0 Å². The van der Waals surface area contributed by atoms with Crippen molar-refractivity contribution in [2.75, 3.05) is 19.5 Å². The van der Waals surface area contributed by atoms with Gasteiger partial charge in [0.2, 0.25) is 0 Å². The number of hydrogen-bond acceptors (Lipinski definition) is 4. The fraction of sp³-hybridized carbons (Fsp3) is 0.688. The van der Waals surface area contributed by atoms with Gasteiger partial charge in [-0.3, -0.25) is 4.21 Å². The van der Waals surface area contributed by atoms with Crippen LogP contribution in [0.4, 0.5) is 4.79 Å². The van der Waals surface area contributed by atoms with Crippen molar-refractivity contribution in [1.82, 2.24) is 10.6 Å². The number of methoxy groups -OCH3 is 1. The lowest BCUT2D eigenvalue weighted by molar-refractivity contribution is 0.156. The summed E-state index contributed by atoms with van der Waals surface area (Å²) in [4.78, 5) is 12.3. The van der Waals surface area contributed by atoms with Crippen LogP contribution in [0.3, 0.4) is 0 Å². The molecule has 0 aliphatic heterocycles. The topological polar surface area (TPSA) is 80.6 Å². The van der Waals surface area contributed by atoms with Gasteiger partial charge in [-0.15, -0.1) is 0 Å². The quantitative estimate of drug-likeness (QED) is 0.797. The number of urea groups is 1. The molecule has 0 bridgehead atoms. The van der Waals surface area contributed by atoms with E-state index < -0.39 is 10.8 Å². The molecule has 1 aliphatic carbocycles. The molecule has 2 amide bonds. The van der Waals surface area contributed by atoms with E-state index in [1.165, 1.54) is 0 Å². The minimum absolute atomic E-state index is 0.0377. The van der Waals surface area contributed by atoms with Gasteiger partial charge in [0.1, 0.15) is 11.8 Å². The van der Waals surface area contributed by atoms with Gasteiger partial charge in [0.05, 0.1) is 18.1 Å². The van der Waals surface area contributed by atoms with Crippen molar-refractivity contribution in [1.29, 1.82) is 0 Å². The second-order valence-electron chi connectivity index (χ2n) is 5.74. The van der Waals surface area contributed by atoms with Gasteiger partial charge in [0, 0.05) is 29.7 Å². The molecule has 23 heavy (non-hydrogen) atoms. The minimum Gasteiger partial charge on any atom is -0.467 e. The Labute approximate surface area is 139 Å². The molecule has 4 atom stereocenters. The van der Waals surface area contributed by atoms with Crippen LogP contribution in [0.2, 0.25) is 0 Å². The lowest BCUT2D eigenvalue weighted by atomic mass is 9.95. The molecule has 6 nitrogen and oxygen atoms in total. The molecule has 7 heteroatoms. The molecule has 130 valence electrons. The summed E-state index contributed by atoms with van der Waals surface area (Å²) in [5.41, 5.74) is 0. The Morgan fingerprint density at radius 2 is 2.26 bits per heavy atom. The molecule has 2 rings (SSSR count). The number of rotatable bonds is 7. The molecule has 1 heterocycles. The second kappa shape index (κ2) is 9.08. The fourth-order valence-corrected chi connectivity index (χ4v) is 4.44. The Bertz CT molecular complexity index is 506. The third-order valence-corrected chi connectivity index (χ3v) is 5.98. The Morgan fingerprint density at radius 3 is 2.91 bits per heavy atom. The molecule has 1 aromatic heterocycles. The monoisotopic (exact) mass is 342 g/mol. The molecule has 0 unspecified atom stereocenters. The molecule has 1 aromatic rings. The normalized spacial score (nSPS) is 23.9. The highest BCUT2D eigenvalue weighted by Gasteiger charge is 2.30. The smallest absolute Gasteiger partial charge is 0.315 e. The first-order chi connectivity index (χ1) is 11.2. The van der Waals surface area contributed by atoms with E-state index in [0.717, 1.165) is 25.7 Å². The largest absolute Gasteiger partial charge is 0.467 e. The predicted octanol–water partition coefficient (Wildman–Crippen LogP) is 2.35. The van der Waals surface area contributed by atoms with Gasteiger partial charge in [-0.1, -0.05) is 19.8 Å². The zero-order valence-electron chi connectivity index (χ0n) is 13.7. The van der Waals surface area contributed by atoms with E-state index in [-0.39, 0.29) is 23.4 Å². The van der Waals surface area contributed by atoms with Crippen molar-refractivity contribution >= 4 is 16.8 Å². The van der Waals surface area contributed by atoms with Crippen LogP contribution in [0.1, 0.15) is 44.4 Å². The summed E-state index contributed by atoms with van der Waals surface area (Å²) in [5.74, 6) is 1.28.